The van der Waals surface area contributed by atoms with Gasteiger partial charge in [-0.2, -0.15) is 4.98 Å². The van der Waals surface area contributed by atoms with E-state index in [0.717, 1.165) is 17.5 Å². The van der Waals surface area contributed by atoms with Gasteiger partial charge in [-0.05, 0) is 24.1 Å². The molecule has 4 heterocycles. The van der Waals surface area contributed by atoms with Crippen LogP contribution in [0.3, 0.4) is 0 Å². The van der Waals surface area contributed by atoms with Crippen LogP contribution in [0.2, 0.25) is 0 Å². The summed E-state index contributed by atoms with van der Waals surface area (Å²) in [4.78, 5) is 32.1. The molecule has 0 aliphatic carbocycles. The standard InChI is InChI=1S/C23H23N7O3/c1-15-26-22(28-33-15)17-6-3-5-16(11-17)20-13-30(9-4-10-32-20)23-27-19(12-21(31)29(23)2)18-7-8-24-14-25-18/h3,5-8,11-12,14,20H,4,9-10,13H2,1-2H3/t20-/m1/s1. The summed E-state index contributed by atoms with van der Waals surface area (Å²) >= 11 is 0. The van der Waals surface area contributed by atoms with Crippen molar-refractivity contribution in [3.05, 3.63) is 70.7 Å². The topological polar surface area (TPSA) is 112 Å². The highest BCUT2D eigenvalue weighted by atomic mass is 16.5. The normalized spacial score (nSPS) is 16.5. The van der Waals surface area contributed by atoms with E-state index >= 15 is 0 Å². The summed E-state index contributed by atoms with van der Waals surface area (Å²) in [5, 5.41) is 4.02. The Morgan fingerprint density at radius 1 is 1.12 bits per heavy atom. The van der Waals surface area contributed by atoms with Gasteiger partial charge in [0.25, 0.3) is 5.56 Å². The minimum atomic E-state index is -0.208. The van der Waals surface area contributed by atoms with E-state index in [4.69, 9.17) is 14.2 Å². The third-order valence-electron chi connectivity index (χ3n) is 5.56. The van der Waals surface area contributed by atoms with Crippen LogP contribution < -0.4 is 10.5 Å². The van der Waals surface area contributed by atoms with Crippen molar-refractivity contribution in [1.29, 1.82) is 0 Å². The Labute approximate surface area is 189 Å². The van der Waals surface area contributed by atoms with Crippen LogP contribution in [-0.4, -0.2) is 49.4 Å². The first kappa shape index (κ1) is 21.0. The van der Waals surface area contributed by atoms with Gasteiger partial charge >= 0.3 is 0 Å². The van der Waals surface area contributed by atoms with E-state index in [2.05, 4.69) is 25.0 Å². The molecule has 0 radical (unpaired) electrons. The number of anilines is 1. The zero-order valence-electron chi connectivity index (χ0n) is 18.4. The monoisotopic (exact) mass is 445 g/mol. The van der Waals surface area contributed by atoms with Crippen LogP contribution in [0.25, 0.3) is 22.8 Å². The van der Waals surface area contributed by atoms with Gasteiger partial charge in [-0.1, -0.05) is 23.4 Å². The Hall–Kier alpha value is -3.92. The molecule has 4 aromatic rings. The largest absolute Gasteiger partial charge is 0.372 e. The maximum absolute atomic E-state index is 12.7. The van der Waals surface area contributed by atoms with Gasteiger partial charge in [0.05, 0.1) is 17.9 Å². The second-order valence-electron chi connectivity index (χ2n) is 7.85. The van der Waals surface area contributed by atoms with E-state index in [1.165, 1.54) is 12.4 Å². The third-order valence-corrected chi connectivity index (χ3v) is 5.56. The molecule has 33 heavy (non-hydrogen) atoms. The highest BCUT2D eigenvalue weighted by Crippen LogP contribution is 2.28. The fraction of sp³-hybridized carbons (Fsp3) is 0.304. The second-order valence-corrected chi connectivity index (χ2v) is 7.85. The van der Waals surface area contributed by atoms with E-state index < -0.39 is 0 Å². The summed E-state index contributed by atoms with van der Waals surface area (Å²) in [5.74, 6) is 1.64. The van der Waals surface area contributed by atoms with Gasteiger partial charge in [0.15, 0.2) is 0 Å². The highest BCUT2D eigenvalue weighted by Gasteiger charge is 2.24. The van der Waals surface area contributed by atoms with Crippen molar-refractivity contribution in [2.75, 3.05) is 24.6 Å². The summed E-state index contributed by atoms with van der Waals surface area (Å²) in [6, 6.07) is 11.2. The summed E-state index contributed by atoms with van der Waals surface area (Å²) in [6.45, 7) is 3.63. The molecule has 0 spiro atoms. The number of aromatic nitrogens is 6. The van der Waals surface area contributed by atoms with Crippen molar-refractivity contribution in [2.45, 2.75) is 19.4 Å². The van der Waals surface area contributed by atoms with Crippen molar-refractivity contribution < 1.29 is 9.26 Å². The lowest BCUT2D eigenvalue weighted by atomic mass is 10.1. The molecule has 3 aromatic heterocycles. The molecule has 0 saturated carbocycles. The molecule has 0 N–H and O–H groups in total. The molecule has 1 aromatic carbocycles. The third kappa shape index (κ3) is 4.37. The molecular formula is C23H23N7O3. The lowest BCUT2D eigenvalue weighted by Gasteiger charge is -2.27. The molecular weight excluding hydrogens is 422 g/mol. The molecule has 1 saturated heterocycles. The Kier molecular flexibility index (Phi) is 5.66. The number of nitrogens with zero attached hydrogens (tertiary/aromatic N) is 7. The number of hydrogen-bond acceptors (Lipinski definition) is 9. The molecule has 0 amide bonds. The van der Waals surface area contributed by atoms with Gasteiger partial charge in [0.2, 0.25) is 17.7 Å². The van der Waals surface area contributed by atoms with Gasteiger partial charge in [-0.25, -0.2) is 15.0 Å². The van der Waals surface area contributed by atoms with Crippen molar-refractivity contribution in [1.82, 2.24) is 29.7 Å². The average Bonchev–Trinajstić information content (AvgIpc) is 3.13. The van der Waals surface area contributed by atoms with E-state index in [1.54, 1.807) is 30.8 Å². The van der Waals surface area contributed by atoms with Crippen LogP contribution in [0.4, 0.5) is 5.95 Å². The van der Waals surface area contributed by atoms with Gasteiger partial charge in [0.1, 0.15) is 12.4 Å². The maximum Gasteiger partial charge on any atom is 0.255 e. The van der Waals surface area contributed by atoms with Gasteiger partial charge in [0, 0.05) is 44.9 Å². The molecule has 5 rings (SSSR count). The molecule has 0 unspecified atom stereocenters. The average molecular weight is 445 g/mol. The number of hydrogen-bond donors (Lipinski definition) is 0. The Morgan fingerprint density at radius 3 is 2.82 bits per heavy atom. The predicted octanol–water partition coefficient (Wildman–Crippen LogP) is 2.56. The van der Waals surface area contributed by atoms with Crippen molar-refractivity contribution in [3.8, 4) is 22.8 Å². The SMILES string of the molecule is Cc1nc(-c2cccc([C@H]3CN(c4nc(-c5ccncn5)cc(=O)n4C)CCCO3)c2)no1. The Bertz CT molecular complexity index is 1320. The van der Waals surface area contributed by atoms with E-state index in [-0.39, 0.29) is 11.7 Å². The first-order valence-electron chi connectivity index (χ1n) is 10.7. The van der Waals surface area contributed by atoms with E-state index in [9.17, 15) is 4.79 Å². The molecule has 1 aliphatic rings. The minimum absolute atomic E-state index is 0.148. The van der Waals surface area contributed by atoms with Crippen molar-refractivity contribution >= 4 is 5.95 Å². The lowest BCUT2D eigenvalue weighted by Crippen LogP contribution is -2.34. The van der Waals surface area contributed by atoms with Gasteiger partial charge < -0.3 is 14.2 Å². The summed E-state index contributed by atoms with van der Waals surface area (Å²) in [7, 11) is 1.73. The van der Waals surface area contributed by atoms with Crippen LogP contribution in [0, 0.1) is 6.92 Å². The smallest absolute Gasteiger partial charge is 0.255 e. The number of ether oxygens (including phenoxy) is 1. The van der Waals surface area contributed by atoms with Crippen LogP contribution in [0.5, 0.6) is 0 Å². The van der Waals surface area contributed by atoms with Crippen LogP contribution in [0.1, 0.15) is 24.0 Å². The number of rotatable bonds is 4. The quantitative estimate of drug-likeness (QED) is 0.468. The number of benzene rings is 1. The molecule has 168 valence electrons. The maximum atomic E-state index is 12.7. The fourth-order valence-corrected chi connectivity index (χ4v) is 3.89. The summed E-state index contributed by atoms with van der Waals surface area (Å²) in [5.41, 5.74) is 2.84. The zero-order chi connectivity index (χ0) is 22.8. The van der Waals surface area contributed by atoms with Crippen molar-refractivity contribution in [2.24, 2.45) is 7.05 Å². The summed E-state index contributed by atoms with van der Waals surface area (Å²) < 4.78 is 12.9. The molecule has 1 fully saturated rings. The molecule has 1 aliphatic heterocycles. The van der Waals surface area contributed by atoms with Crippen LogP contribution in [-0.2, 0) is 11.8 Å². The van der Waals surface area contributed by atoms with Gasteiger partial charge in [-0.15, -0.1) is 0 Å². The molecule has 10 nitrogen and oxygen atoms in total. The predicted molar refractivity (Wildman–Crippen MR) is 120 cm³/mol. The Morgan fingerprint density at radius 2 is 2.03 bits per heavy atom. The molecule has 1 atom stereocenters. The van der Waals surface area contributed by atoms with Crippen LogP contribution >= 0.6 is 0 Å². The zero-order valence-corrected chi connectivity index (χ0v) is 18.4. The molecule has 0 bridgehead atoms. The summed E-state index contributed by atoms with van der Waals surface area (Å²) in [6.07, 6.45) is 3.69. The fourth-order valence-electron chi connectivity index (χ4n) is 3.89. The van der Waals surface area contributed by atoms with Crippen molar-refractivity contribution in [3.63, 3.8) is 0 Å². The van der Waals surface area contributed by atoms with Crippen LogP contribution in [0.15, 0.2) is 58.2 Å². The first-order valence-corrected chi connectivity index (χ1v) is 10.7. The van der Waals surface area contributed by atoms with Gasteiger partial charge in [-0.3, -0.25) is 9.36 Å². The Balaban J connectivity index is 1.47. The van der Waals surface area contributed by atoms with E-state index in [0.29, 0.717) is 48.7 Å². The first-order chi connectivity index (χ1) is 16.1. The minimum Gasteiger partial charge on any atom is -0.372 e. The number of aryl methyl sites for hydroxylation is 1. The second kappa shape index (κ2) is 8.91. The lowest BCUT2D eigenvalue weighted by molar-refractivity contribution is 0.0686. The molecule has 10 heteroatoms. The highest BCUT2D eigenvalue weighted by molar-refractivity contribution is 5.57. The van der Waals surface area contributed by atoms with E-state index in [1.807, 2.05) is 24.3 Å².